The monoisotopic (exact) mass is 312 g/mol. The third-order valence-corrected chi connectivity index (χ3v) is 3.54. The summed E-state index contributed by atoms with van der Waals surface area (Å²) in [6.07, 6.45) is 1.82. The molecule has 0 unspecified atom stereocenters. The first-order valence-electron chi connectivity index (χ1n) is 6.14. The van der Waals surface area contributed by atoms with Gasteiger partial charge in [-0.25, -0.2) is 0 Å². The summed E-state index contributed by atoms with van der Waals surface area (Å²) in [5.41, 5.74) is 3.41. The van der Waals surface area contributed by atoms with Crippen LogP contribution in [0.1, 0.15) is 5.56 Å². The van der Waals surface area contributed by atoms with Crippen molar-refractivity contribution in [3.05, 3.63) is 70.8 Å². The highest BCUT2D eigenvalue weighted by Gasteiger charge is 1.97. The molecule has 1 heterocycles. The lowest BCUT2D eigenvalue weighted by molar-refractivity contribution is 1.15. The predicted molar refractivity (Wildman–Crippen MR) is 83.2 cm³/mol. The Labute approximate surface area is 120 Å². The summed E-state index contributed by atoms with van der Waals surface area (Å²) in [4.78, 5) is 4.32. The van der Waals surface area contributed by atoms with Crippen molar-refractivity contribution in [3.63, 3.8) is 0 Å². The van der Waals surface area contributed by atoms with E-state index in [1.54, 1.807) is 0 Å². The number of hydrogen-bond donors (Lipinski definition) is 1. The van der Waals surface area contributed by atoms with E-state index in [-0.39, 0.29) is 0 Å². The van der Waals surface area contributed by atoms with Crippen molar-refractivity contribution in [1.82, 2.24) is 4.98 Å². The predicted octanol–water partition coefficient (Wildman–Crippen LogP) is 4.61. The van der Waals surface area contributed by atoms with E-state index in [4.69, 9.17) is 0 Å². The minimum Gasteiger partial charge on any atom is -0.381 e. The van der Waals surface area contributed by atoms with Crippen molar-refractivity contribution in [2.24, 2.45) is 0 Å². The average Bonchev–Trinajstić information content (AvgIpc) is 2.46. The fraction of sp³-hybridized carbons (Fsp3) is 0.0625. The van der Waals surface area contributed by atoms with Gasteiger partial charge in [0.15, 0.2) is 0 Å². The van der Waals surface area contributed by atoms with Gasteiger partial charge in [-0.1, -0.05) is 28.1 Å². The van der Waals surface area contributed by atoms with Crippen molar-refractivity contribution in [2.45, 2.75) is 6.54 Å². The Bertz CT molecular complexity index is 692. The molecule has 0 saturated heterocycles. The van der Waals surface area contributed by atoms with Gasteiger partial charge in [0.25, 0.3) is 0 Å². The second kappa shape index (κ2) is 5.41. The van der Waals surface area contributed by atoms with Gasteiger partial charge in [-0.3, -0.25) is 4.98 Å². The van der Waals surface area contributed by atoms with Gasteiger partial charge in [0.05, 0.1) is 5.52 Å². The number of rotatable bonds is 3. The quantitative estimate of drug-likeness (QED) is 0.764. The molecule has 0 amide bonds. The molecule has 1 aromatic heterocycles. The van der Waals surface area contributed by atoms with E-state index in [0.717, 1.165) is 22.2 Å². The van der Waals surface area contributed by atoms with Crippen LogP contribution in [-0.4, -0.2) is 4.98 Å². The minimum absolute atomic E-state index is 0.812. The van der Waals surface area contributed by atoms with E-state index in [1.807, 2.05) is 24.4 Å². The molecule has 0 radical (unpaired) electrons. The summed E-state index contributed by atoms with van der Waals surface area (Å²) < 4.78 is 1.09. The third kappa shape index (κ3) is 2.93. The maximum atomic E-state index is 4.32. The third-order valence-electron chi connectivity index (χ3n) is 3.01. The molecule has 0 fully saturated rings. The molecule has 2 aromatic carbocycles. The van der Waals surface area contributed by atoms with Crippen LogP contribution in [0, 0.1) is 0 Å². The van der Waals surface area contributed by atoms with Crippen molar-refractivity contribution < 1.29 is 0 Å². The number of aromatic nitrogens is 1. The van der Waals surface area contributed by atoms with Gasteiger partial charge in [0.2, 0.25) is 0 Å². The first-order chi connectivity index (χ1) is 9.31. The van der Waals surface area contributed by atoms with Gasteiger partial charge in [0.1, 0.15) is 0 Å². The number of fused-ring (bicyclic) bond motifs is 1. The van der Waals surface area contributed by atoms with E-state index in [0.29, 0.717) is 0 Å². The second-order valence-corrected chi connectivity index (χ2v) is 5.31. The van der Waals surface area contributed by atoms with E-state index < -0.39 is 0 Å². The Balaban J connectivity index is 1.76. The standard InChI is InChI=1S/C16H13BrN2/c17-14-4-6-15(7-5-14)19-11-12-3-8-16-13(10-12)2-1-9-18-16/h1-10,19H,11H2. The van der Waals surface area contributed by atoms with Crippen LogP contribution in [0.25, 0.3) is 10.9 Å². The molecule has 3 rings (SSSR count). The van der Waals surface area contributed by atoms with Gasteiger partial charge in [-0.15, -0.1) is 0 Å². The molecule has 0 aliphatic rings. The van der Waals surface area contributed by atoms with Crippen LogP contribution in [0.3, 0.4) is 0 Å². The molecule has 0 saturated carbocycles. The van der Waals surface area contributed by atoms with E-state index in [2.05, 4.69) is 62.6 Å². The molecular weight excluding hydrogens is 300 g/mol. The summed E-state index contributed by atoms with van der Waals surface area (Å²) in [5, 5.41) is 4.59. The molecule has 3 heteroatoms. The van der Waals surface area contributed by atoms with Gasteiger partial charge >= 0.3 is 0 Å². The average molecular weight is 313 g/mol. The minimum atomic E-state index is 0.812. The summed E-state index contributed by atoms with van der Waals surface area (Å²) in [6.45, 7) is 0.812. The van der Waals surface area contributed by atoms with Gasteiger partial charge < -0.3 is 5.32 Å². The van der Waals surface area contributed by atoms with Crippen molar-refractivity contribution >= 4 is 32.5 Å². The van der Waals surface area contributed by atoms with Crippen LogP contribution < -0.4 is 5.32 Å². The number of nitrogens with zero attached hydrogens (tertiary/aromatic N) is 1. The highest BCUT2D eigenvalue weighted by Crippen LogP contribution is 2.17. The molecule has 0 bridgehead atoms. The largest absolute Gasteiger partial charge is 0.381 e. The summed E-state index contributed by atoms with van der Waals surface area (Å²) in [5.74, 6) is 0. The SMILES string of the molecule is Brc1ccc(NCc2ccc3ncccc3c2)cc1. The Hall–Kier alpha value is -1.87. The van der Waals surface area contributed by atoms with E-state index in [9.17, 15) is 0 Å². The number of hydrogen-bond acceptors (Lipinski definition) is 2. The number of pyridine rings is 1. The summed E-state index contributed by atoms with van der Waals surface area (Å²) >= 11 is 3.43. The maximum absolute atomic E-state index is 4.32. The molecule has 19 heavy (non-hydrogen) atoms. The molecule has 1 N–H and O–H groups in total. The number of nitrogens with one attached hydrogen (secondary N) is 1. The fourth-order valence-corrected chi connectivity index (χ4v) is 2.27. The molecule has 2 nitrogen and oxygen atoms in total. The van der Waals surface area contributed by atoms with Crippen LogP contribution in [0.4, 0.5) is 5.69 Å². The van der Waals surface area contributed by atoms with Gasteiger partial charge in [0, 0.05) is 28.3 Å². The summed E-state index contributed by atoms with van der Waals surface area (Å²) in [7, 11) is 0. The Morgan fingerprint density at radius 1 is 1.00 bits per heavy atom. The Morgan fingerprint density at radius 2 is 1.84 bits per heavy atom. The van der Waals surface area contributed by atoms with E-state index in [1.165, 1.54) is 10.9 Å². The van der Waals surface area contributed by atoms with Gasteiger partial charge in [-0.2, -0.15) is 0 Å². The van der Waals surface area contributed by atoms with Crippen LogP contribution in [-0.2, 0) is 6.54 Å². The normalized spacial score (nSPS) is 10.6. The van der Waals surface area contributed by atoms with Crippen LogP contribution >= 0.6 is 15.9 Å². The zero-order valence-electron chi connectivity index (χ0n) is 10.3. The number of halogens is 1. The van der Waals surface area contributed by atoms with Crippen LogP contribution in [0.5, 0.6) is 0 Å². The number of anilines is 1. The second-order valence-electron chi connectivity index (χ2n) is 4.39. The lowest BCUT2D eigenvalue weighted by Crippen LogP contribution is -1.99. The molecule has 0 aliphatic heterocycles. The highest BCUT2D eigenvalue weighted by molar-refractivity contribution is 9.10. The molecular formula is C16H13BrN2. The Morgan fingerprint density at radius 3 is 2.68 bits per heavy atom. The lowest BCUT2D eigenvalue weighted by atomic mass is 10.1. The smallest absolute Gasteiger partial charge is 0.0702 e. The number of benzene rings is 2. The zero-order valence-corrected chi connectivity index (χ0v) is 11.9. The molecule has 3 aromatic rings. The molecule has 0 atom stereocenters. The zero-order chi connectivity index (χ0) is 13.1. The summed E-state index contributed by atoms with van der Waals surface area (Å²) in [6, 6.07) is 18.6. The maximum Gasteiger partial charge on any atom is 0.0702 e. The van der Waals surface area contributed by atoms with Crippen LogP contribution in [0.2, 0.25) is 0 Å². The van der Waals surface area contributed by atoms with Gasteiger partial charge in [-0.05, 0) is 48.0 Å². The van der Waals surface area contributed by atoms with Crippen molar-refractivity contribution in [3.8, 4) is 0 Å². The molecule has 0 spiro atoms. The van der Waals surface area contributed by atoms with Crippen molar-refractivity contribution in [1.29, 1.82) is 0 Å². The van der Waals surface area contributed by atoms with Crippen LogP contribution in [0.15, 0.2) is 65.3 Å². The fourth-order valence-electron chi connectivity index (χ4n) is 2.01. The lowest BCUT2D eigenvalue weighted by Gasteiger charge is -2.07. The highest BCUT2D eigenvalue weighted by atomic mass is 79.9. The van der Waals surface area contributed by atoms with Crippen molar-refractivity contribution in [2.75, 3.05) is 5.32 Å². The Kier molecular flexibility index (Phi) is 3.47. The molecule has 0 aliphatic carbocycles. The molecule has 94 valence electrons. The van der Waals surface area contributed by atoms with E-state index >= 15 is 0 Å². The first kappa shape index (κ1) is 12.2. The topological polar surface area (TPSA) is 24.9 Å². The first-order valence-corrected chi connectivity index (χ1v) is 6.94.